The number of aliphatic imine (C=N–C) groups is 1. The number of halogens is 2. The van der Waals surface area contributed by atoms with Gasteiger partial charge in [0.2, 0.25) is 0 Å². The summed E-state index contributed by atoms with van der Waals surface area (Å²) >= 11 is 0. The van der Waals surface area contributed by atoms with Gasteiger partial charge in [0.15, 0.2) is 5.96 Å². The molecule has 0 unspecified atom stereocenters. The van der Waals surface area contributed by atoms with Crippen molar-refractivity contribution in [1.82, 2.24) is 15.6 Å². The third-order valence-corrected chi connectivity index (χ3v) is 2.92. The Balaban J connectivity index is 2.02. The van der Waals surface area contributed by atoms with E-state index in [1.807, 2.05) is 25.1 Å². The lowest BCUT2D eigenvalue weighted by Crippen LogP contribution is -2.37. The van der Waals surface area contributed by atoms with Crippen molar-refractivity contribution >= 4 is 5.96 Å². The van der Waals surface area contributed by atoms with Gasteiger partial charge in [-0.1, -0.05) is 6.07 Å². The zero-order valence-corrected chi connectivity index (χ0v) is 12.3. The molecule has 0 radical (unpaired) electrons. The van der Waals surface area contributed by atoms with Crippen molar-refractivity contribution in [2.24, 2.45) is 4.99 Å². The first-order valence-corrected chi connectivity index (χ1v) is 7.05. The number of aromatic nitrogens is 1. The molecule has 1 heterocycles. The summed E-state index contributed by atoms with van der Waals surface area (Å²) in [4.78, 5) is 8.46. The number of hydrogen-bond acceptors (Lipinski definition) is 2. The van der Waals surface area contributed by atoms with Crippen LogP contribution < -0.4 is 10.6 Å². The van der Waals surface area contributed by atoms with Crippen LogP contribution in [0.25, 0.3) is 0 Å². The number of guanidine groups is 1. The molecule has 0 aliphatic carbocycles. The Morgan fingerprint density at radius 3 is 2.77 bits per heavy atom. The van der Waals surface area contributed by atoms with Gasteiger partial charge in [-0.15, -0.1) is 0 Å². The Morgan fingerprint density at radius 1 is 1.18 bits per heavy atom. The molecule has 2 aromatic rings. The van der Waals surface area contributed by atoms with Crippen molar-refractivity contribution in [3.05, 3.63) is 65.5 Å². The van der Waals surface area contributed by atoms with E-state index in [2.05, 4.69) is 20.6 Å². The summed E-state index contributed by atoms with van der Waals surface area (Å²) in [6.45, 7) is 3.15. The molecule has 0 atom stereocenters. The molecule has 1 aromatic carbocycles. The topological polar surface area (TPSA) is 49.3 Å². The Hall–Kier alpha value is -2.50. The molecule has 22 heavy (non-hydrogen) atoms. The fourth-order valence-electron chi connectivity index (χ4n) is 1.85. The van der Waals surface area contributed by atoms with Crippen molar-refractivity contribution < 1.29 is 8.78 Å². The SMILES string of the molecule is CCNC(=NCc1cc(F)ccc1F)NCc1ccccn1. The summed E-state index contributed by atoms with van der Waals surface area (Å²) in [5.74, 6) is -0.416. The molecule has 0 fully saturated rings. The second-order valence-electron chi connectivity index (χ2n) is 4.61. The molecule has 0 saturated heterocycles. The van der Waals surface area contributed by atoms with Crippen LogP contribution in [0.1, 0.15) is 18.2 Å². The Morgan fingerprint density at radius 2 is 2.05 bits per heavy atom. The zero-order chi connectivity index (χ0) is 15.8. The first-order valence-electron chi connectivity index (χ1n) is 7.05. The highest BCUT2D eigenvalue weighted by Gasteiger charge is 2.04. The van der Waals surface area contributed by atoms with E-state index in [0.29, 0.717) is 19.0 Å². The van der Waals surface area contributed by atoms with Gasteiger partial charge in [-0.3, -0.25) is 4.98 Å². The van der Waals surface area contributed by atoms with Gasteiger partial charge >= 0.3 is 0 Å². The molecule has 0 spiro atoms. The van der Waals surface area contributed by atoms with Gasteiger partial charge in [-0.2, -0.15) is 0 Å². The second-order valence-corrected chi connectivity index (χ2v) is 4.61. The normalized spacial score (nSPS) is 11.3. The molecule has 2 N–H and O–H groups in total. The monoisotopic (exact) mass is 304 g/mol. The van der Waals surface area contributed by atoms with Crippen LogP contribution in [0.2, 0.25) is 0 Å². The highest BCUT2D eigenvalue weighted by atomic mass is 19.1. The van der Waals surface area contributed by atoms with E-state index in [4.69, 9.17) is 0 Å². The van der Waals surface area contributed by atoms with Crippen molar-refractivity contribution in [3.8, 4) is 0 Å². The molecule has 2 rings (SSSR count). The van der Waals surface area contributed by atoms with E-state index in [1.54, 1.807) is 6.20 Å². The molecule has 6 heteroatoms. The van der Waals surface area contributed by atoms with Gasteiger partial charge in [0.1, 0.15) is 11.6 Å². The summed E-state index contributed by atoms with van der Waals surface area (Å²) in [6.07, 6.45) is 1.71. The van der Waals surface area contributed by atoms with Crippen LogP contribution in [0.5, 0.6) is 0 Å². The molecule has 116 valence electrons. The van der Waals surface area contributed by atoms with Gasteiger partial charge in [-0.25, -0.2) is 13.8 Å². The van der Waals surface area contributed by atoms with Crippen LogP contribution in [0, 0.1) is 11.6 Å². The van der Waals surface area contributed by atoms with E-state index in [1.165, 1.54) is 0 Å². The summed E-state index contributed by atoms with van der Waals surface area (Å²) in [5, 5.41) is 6.15. The molecule has 0 aliphatic heterocycles. The number of hydrogen-bond donors (Lipinski definition) is 2. The average molecular weight is 304 g/mol. The predicted octanol–water partition coefficient (Wildman–Crippen LogP) is 2.62. The summed E-state index contributed by atoms with van der Waals surface area (Å²) in [5.41, 5.74) is 1.08. The summed E-state index contributed by atoms with van der Waals surface area (Å²) in [7, 11) is 0. The standard InChI is InChI=1S/C16H18F2N4/c1-2-19-16(22-11-14-5-3-4-8-20-14)21-10-12-9-13(17)6-7-15(12)18/h3-9H,2,10-11H2,1H3,(H2,19,21,22). The minimum absolute atomic E-state index is 0.0567. The van der Waals surface area contributed by atoms with Crippen LogP contribution in [0.15, 0.2) is 47.6 Å². The van der Waals surface area contributed by atoms with E-state index in [-0.39, 0.29) is 12.1 Å². The fraction of sp³-hybridized carbons (Fsp3) is 0.250. The Kier molecular flexibility index (Phi) is 5.82. The predicted molar refractivity (Wildman–Crippen MR) is 82.3 cm³/mol. The van der Waals surface area contributed by atoms with E-state index in [9.17, 15) is 8.78 Å². The van der Waals surface area contributed by atoms with Crippen LogP contribution in [-0.4, -0.2) is 17.5 Å². The molecule has 0 amide bonds. The molecule has 1 aromatic heterocycles. The lowest BCUT2D eigenvalue weighted by atomic mass is 10.2. The van der Waals surface area contributed by atoms with Crippen LogP contribution in [0.4, 0.5) is 8.78 Å². The maximum absolute atomic E-state index is 13.6. The molecular weight excluding hydrogens is 286 g/mol. The largest absolute Gasteiger partial charge is 0.357 e. The number of benzene rings is 1. The van der Waals surface area contributed by atoms with E-state index in [0.717, 1.165) is 23.9 Å². The van der Waals surface area contributed by atoms with Crippen molar-refractivity contribution in [3.63, 3.8) is 0 Å². The number of nitrogens with one attached hydrogen (secondary N) is 2. The summed E-state index contributed by atoms with van der Waals surface area (Å²) < 4.78 is 26.7. The minimum atomic E-state index is -0.474. The first-order chi connectivity index (χ1) is 10.7. The fourth-order valence-corrected chi connectivity index (χ4v) is 1.85. The molecule has 0 bridgehead atoms. The van der Waals surface area contributed by atoms with Crippen molar-refractivity contribution in [2.45, 2.75) is 20.0 Å². The lowest BCUT2D eigenvalue weighted by molar-refractivity contribution is 0.585. The number of pyridine rings is 1. The van der Waals surface area contributed by atoms with Gasteiger partial charge in [-0.05, 0) is 37.3 Å². The van der Waals surface area contributed by atoms with Crippen molar-refractivity contribution in [1.29, 1.82) is 0 Å². The van der Waals surface area contributed by atoms with Crippen LogP contribution >= 0.6 is 0 Å². The maximum Gasteiger partial charge on any atom is 0.191 e. The highest BCUT2D eigenvalue weighted by Crippen LogP contribution is 2.10. The lowest BCUT2D eigenvalue weighted by Gasteiger charge is -2.11. The maximum atomic E-state index is 13.6. The third kappa shape index (κ3) is 4.80. The van der Waals surface area contributed by atoms with E-state index >= 15 is 0 Å². The van der Waals surface area contributed by atoms with Crippen LogP contribution in [0.3, 0.4) is 0 Å². The van der Waals surface area contributed by atoms with Gasteiger partial charge in [0.05, 0.1) is 18.8 Å². The Labute approximate surface area is 128 Å². The van der Waals surface area contributed by atoms with Crippen molar-refractivity contribution in [2.75, 3.05) is 6.54 Å². The number of nitrogens with zero attached hydrogens (tertiary/aromatic N) is 2. The number of rotatable bonds is 5. The quantitative estimate of drug-likeness (QED) is 0.659. The minimum Gasteiger partial charge on any atom is -0.357 e. The van der Waals surface area contributed by atoms with E-state index < -0.39 is 11.6 Å². The van der Waals surface area contributed by atoms with Crippen LogP contribution in [-0.2, 0) is 13.1 Å². The highest BCUT2D eigenvalue weighted by molar-refractivity contribution is 5.79. The first kappa shape index (κ1) is 15.9. The molecule has 4 nitrogen and oxygen atoms in total. The third-order valence-electron chi connectivity index (χ3n) is 2.92. The summed E-state index contributed by atoms with van der Waals surface area (Å²) in [6, 6.07) is 8.98. The Bertz CT molecular complexity index is 629. The second kappa shape index (κ2) is 8.07. The zero-order valence-electron chi connectivity index (χ0n) is 12.3. The van der Waals surface area contributed by atoms with Gasteiger partial charge in [0.25, 0.3) is 0 Å². The molecule has 0 aliphatic rings. The van der Waals surface area contributed by atoms with Gasteiger partial charge in [0, 0.05) is 18.3 Å². The van der Waals surface area contributed by atoms with Gasteiger partial charge < -0.3 is 10.6 Å². The smallest absolute Gasteiger partial charge is 0.191 e. The molecule has 0 saturated carbocycles. The molecular formula is C16H18F2N4. The average Bonchev–Trinajstić information content (AvgIpc) is 2.54.